The minimum atomic E-state index is -0.360. The highest BCUT2D eigenvalue weighted by atomic mass is 16.6. The van der Waals surface area contributed by atoms with Gasteiger partial charge in [0, 0.05) is 35.0 Å². The molecule has 9 heteroatoms. The van der Waals surface area contributed by atoms with Gasteiger partial charge in [-0.15, -0.1) is 0 Å². The van der Waals surface area contributed by atoms with Crippen molar-refractivity contribution in [3.05, 3.63) is 30.2 Å². The van der Waals surface area contributed by atoms with Gasteiger partial charge in [-0.1, -0.05) is 0 Å². The Kier molecular flexibility index (Phi) is 5.23. The van der Waals surface area contributed by atoms with Crippen LogP contribution in [0.15, 0.2) is 24.5 Å². The minimum Gasteiger partial charge on any atom is -0.484 e. The molecule has 150 valence electrons. The van der Waals surface area contributed by atoms with Crippen molar-refractivity contribution in [1.82, 2.24) is 15.5 Å². The second-order valence-electron chi connectivity index (χ2n) is 7.51. The lowest BCUT2D eigenvalue weighted by Gasteiger charge is -2.15. The molecule has 1 saturated carbocycles. The van der Waals surface area contributed by atoms with Gasteiger partial charge in [0.2, 0.25) is 6.20 Å². The molecule has 9 nitrogen and oxygen atoms in total. The Balaban J connectivity index is 1.56. The molecule has 2 aliphatic rings. The number of nitrogens with zero attached hydrogens (tertiary/aromatic N) is 2. The zero-order valence-electron chi connectivity index (χ0n) is 15.9. The van der Waals surface area contributed by atoms with Crippen molar-refractivity contribution in [1.29, 1.82) is 0 Å². The number of rotatable bonds is 0. The van der Waals surface area contributed by atoms with Crippen LogP contribution in [-0.4, -0.2) is 40.3 Å². The van der Waals surface area contributed by atoms with E-state index in [1.54, 1.807) is 6.20 Å². The number of carbonyl (C=O) groups is 1. The average Bonchev–Trinajstić information content (AvgIpc) is 3.27. The molecule has 0 spiro atoms. The Morgan fingerprint density at radius 3 is 3.00 bits per heavy atom. The Morgan fingerprint density at radius 2 is 2.11 bits per heavy atom. The van der Waals surface area contributed by atoms with E-state index in [1.807, 2.05) is 19.1 Å². The fourth-order valence-corrected chi connectivity index (χ4v) is 3.82. The maximum atomic E-state index is 12.0. The lowest BCUT2D eigenvalue weighted by atomic mass is 10.0. The van der Waals surface area contributed by atoms with E-state index in [4.69, 9.17) is 9.47 Å². The molecule has 0 radical (unpaired) electrons. The van der Waals surface area contributed by atoms with Gasteiger partial charge in [-0.2, -0.15) is 5.10 Å². The zero-order valence-corrected chi connectivity index (χ0v) is 15.9. The van der Waals surface area contributed by atoms with E-state index < -0.39 is 0 Å². The van der Waals surface area contributed by atoms with E-state index in [0.717, 1.165) is 42.5 Å². The first-order valence-corrected chi connectivity index (χ1v) is 9.74. The number of alkyl carbamates (subject to hydrolysis) is 1. The van der Waals surface area contributed by atoms with Gasteiger partial charge in [0.25, 0.3) is 6.20 Å². The van der Waals surface area contributed by atoms with Crippen molar-refractivity contribution in [3.63, 3.8) is 0 Å². The van der Waals surface area contributed by atoms with Gasteiger partial charge >= 0.3 is 6.09 Å². The van der Waals surface area contributed by atoms with Crippen LogP contribution in [-0.2, 0) is 4.74 Å². The van der Waals surface area contributed by atoms with Crippen LogP contribution in [0.3, 0.4) is 0 Å². The Bertz CT molecular complexity index is 839. The quantitative estimate of drug-likeness (QED) is 0.408. The largest absolute Gasteiger partial charge is 0.484 e. The number of anilines is 2. The number of aromatic amines is 1. The summed E-state index contributed by atoms with van der Waals surface area (Å²) in [5.74, 6) is 1.48. The lowest BCUT2D eigenvalue weighted by Crippen LogP contribution is -2.30. The van der Waals surface area contributed by atoms with E-state index >= 15 is 0 Å². The molecule has 4 N–H and O–H groups in total. The van der Waals surface area contributed by atoms with Crippen LogP contribution in [0.4, 0.5) is 16.3 Å². The monoisotopic (exact) mass is 388 g/mol. The first-order chi connectivity index (χ1) is 13.5. The number of carbonyl (C=O) groups excluding carboxylic acids is 1. The second-order valence-corrected chi connectivity index (χ2v) is 7.51. The summed E-state index contributed by atoms with van der Waals surface area (Å²) in [6.45, 7) is 2.49. The predicted octanol–water partition coefficient (Wildman–Crippen LogP) is 2.60. The van der Waals surface area contributed by atoms with Gasteiger partial charge in [0.05, 0.1) is 6.10 Å². The maximum absolute atomic E-state index is 12.0. The molecule has 1 aliphatic heterocycles. The van der Waals surface area contributed by atoms with E-state index in [2.05, 4.69) is 20.8 Å². The van der Waals surface area contributed by atoms with Crippen LogP contribution in [0.2, 0.25) is 0 Å². The number of hydrogen-bond acceptors (Lipinski definition) is 6. The summed E-state index contributed by atoms with van der Waals surface area (Å²) in [4.78, 5) is 12.0. The van der Waals surface area contributed by atoms with Gasteiger partial charge < -0.3 is 20.1 Å². The minimum absolute atomic E-state index is 0.0699. The van der Waals surface area contributed by atoms with Gasteiger partial charge in [-0.25, -0.2) is 4.79 Å². The van der Waals surface area contributed by atoms with E-state index in [0.29, 0.717) is 23.8 Å². The molecule has 0 unspecified atom stereocenters. The van der Waals surface area contributed by atoms with Crippen molar-refractivity contribution in [2.24, 2.45) is 0 Å². The van der Waals surface area contributed by atoms with Crippen LogP contribution in [0.5, 0.6) is 5.75 Å². The predicted molar refractivity (Wildman–Crippen MR) is 99.9 cm³/mol. The normalized spacial score (nSPS) is 25.5. The van der Waals surface area contributed by atoms with Crippen LogP contribution >= 0.6 is 0 Å². The molecule has 6 bridgehead atoms. The summed E-state index contributed by atoms with van der Waals surface area (Å²) in [7, 11) is 0. The van der Waals surface area contributed by atoms with Crippen molar-refractivity contribution in [2.45, 2.75) is 57.2 Å². The molecule has 2 aromatic heterocycles. The molecule has 3 heterocycles. The topological polar surface area (TPSA) is 112 Å². The average molecular weight is 388 g/mol. The third-order valence-electron chi connectivity index (χ3n) is 5.19. The molecule has 1 aliphatic carbocycles. The molecule has 2 aromatic rings. The summed E-state index contributed by atoms with van der Waals surface area (Å²) in [6.07, 6.45) is 6.66. The summed E-state index contributed by atoms with van der Waals surface area (Å²) in [6, 6.07) is 3.77. The summed E-state index contributed by atoms with van der Waals surface area (Å²) < 4.78 is 12.4. The summed E-state index contributed by atoms with van der Waals surface area (Å²) >= 11 is 0. The van der Waals surface area contributed by atoms with Gasteiger partial charge in [-0.05, 0) is 39.0 Å². The first-order valence-electron chi connectivity index (χ1n) is 9.74. The number of hydrogen-bond donors (Lipinski definition) is 4. The number of aromatic nitrogens is 3. The highest BCUT2D eigenvalue weighted by Crippen LogP contribution is 2.36. The van der Waals surface area contributed by atoms with E-state index in [-0.39, 0.29) is 24.2 Å². The fourth-order valence-electron chi connectivity index (χ4n) is 3.82. The Hall–Kier alpha value is -2.97. The summed E-state index contributed by atoms with van der Waals surface area (Å²) in [5.41, 5.74) is 1.68. The Labute approximate surface area is 163 Å². The standard InChI is InChI=1S/C19H25N5O4/c1-12-3-2-6-20-19(25)28-15-5-4-13(7-15)17-9-18(23-22-17)21-14-8-16(27-12)11-24(26)10-14/h8-13,15H,2-7H2,1H3,(H3-,20,21,22,23,25,26)/p+1/t12-,13-,15+/m0/s1. The highest BCUT2D eigenvalue weighted by Gasteiger charge is 2.30. The SMILES string of the molecule is C[C@H]1CCCNC(=O)O[C@@H]2CC[C@@H](C2)c2cc(n[nH]2)Nc2cc(c[n+](O)c2)O1. The van der Waals surface area contributed by atoms with E-state index in [1.165, 1.54) is 6.20 Å². The second kappa shape index (κ2) is 7.95. The molecule has 0 saturated heterocycles. The van der Waals surface area contributed by atoms with Crippen LogP contribution < -0.4 is 20.1 Å². The molecule has 4 rings (SSSR count). The van der Waals surface area contributed by atoms with Gasteiger partial charge in [0.15, 0.2) is 11.6 Å². The van der Waals surface area contributed by atoms with Crippen LogP contribution in [0.1, 0.15) is 50.6 Å². The van der Waals surface area contributed by atoms with Crippen molar-refractivity contribution >= 4 is 17.6 Å². The van der Waals surface area contributed by atoms with Gasteiger partial charge in [-0.3, -0.25) is 10.3 Å². The molecular weight excluding hydrogens is 362 g/mol. The molecular formula is C19H26N5O4+. The molecule has 28 heavy (non-hydrogen) atoms. The smallest absolute Gasteiger partial charge is 0.407 e. The first kappa shape index (κ1) is 18.4. The maximum Gasteiger partial charge on any atom is 0.407 e. The lowest BCUT2D eigenvalue weighted by molar-refractivity contribution is -0.904. The zero-order chi connectivity index (χ0) is 19.5. The van der Waals surface area contributed by atoms with Crippen molar-refractivity contribution < 1.29 is 24.2 Å². The van der Waals surface area contributed by atoms with Crippen molar-refractivity contribution in [3.8, 4) is 5.75 Å². The number of fused-ring (bicyclic) bond motifs is 7. The Morgan fingerprint density at radius 1 is 1.21 bits per heavy atom. The number of nitrogens with one attached hydrogen (secondary N) is 3. The molecule has 3 atom stereocenters. The van der Waals surface area contributed by atoms with Crippen molar-refractivity contribution in [2.75, 3.05) is 11.9 Å². The third-order valence-corrected chi connectivity index (χ3v) is 5.19. The number of amides is 1. The van der Waals surface area contributed by atoms with Gasteiger partial charge in [0.1, 0.15) is 11.8 Å². The third kappa shape index (κ3) is 4.47. The molecule has 1 amide bonds. The number of pyridine rings is 1. The van der Waals surface area contributed by atoms with E-state index in [9.17, 15) is 10.0 Å². The highest BCUT2D eigenvalue weighted by molar-refractivity contribution is 5.67. The molecule has 1 fully saturated rings. The summed E-state index contributed by atoms with van der Waals surface area (Å²) in [5, 5.41) is 23.3. The fraction of sp³-hybridized carbons (Fsp3) is 0.526. The molecule has 0 aromatic carbocycles. The number of ether oxygens (including phenoxy) is 2. The van der Waals surface area contributed by atoms with Crippen LogP contribution in [0, 0.1) is 0 Å². The van der Waals surface area contributed by atoms with Crippen LogP contribution in [0.25, 0.3) is 0 Å². The number of H-pyrrole nitrogens is 1.